The summed E-state index contributed by atoms with van der Waals surface area (Å²) in [4.78, 5) is 23.9. The molecular weight excluding hydrogens is 411 g/mol. The zero-order chi connectivity index (χ0) is 19.6. The molecule has 0 aliphatic heterocycles. The van der Waals surface area contributed by atoms with Crippen LogP contribution in [-0.4, -0.2) is 19.1 Å². The highest BCUT2D eigenvalue weighted by atomic mass is 35.5. The number of amides is 2. The molecule has 2 aromatic rings. The van der Waals surface area contributed by atoms with Crippen LogP contribution in [-0.2, 0) is 4.74 Å². The number of benzene rings is 2. The van der Waals surface area contributed by atoms with E-state index in [9.17, 15) is 18.4 Å². The van der Waals surface area contributed by atoms with E-state index in [1.807, 2.05) is 0 Å². The van der Waals surface area contributed by atoms with Crippen molar-refractivity contribution in [3.8, 4) is 0 Å². The molecule has 0 saturated carbocycles. The number of carbonyl (C=O) groups is 2. The number of anilines is 3. The molecule has 138 valence electrons. The summed E-state index contributed by atoms with van der Waals surface area (Å²) < 4.78 is 32.8. The van der Waals surface area contributed by atoms with E-state index in [1.54, 1.807) is 6.07 Å². The summed E-state index contributed by atoms with van der Waals surface area (Å²) in [6.07, 6.45) is 0. The van der Waals surface area contributed by atoms with E-state index in [2.05, 4.69) is 22.9 Å². The van der Waals surface area contributed by atoms with Gasteiger partial charge in [-0.1, -0.05) is 42.1 Å². The first-order valence-corrected chi connectivity index (χ1v) is 7.94. The molecule has 2 aromatic carbocycles. The van der Waals surface area contributed by atoms with Crippen molar-refractivity contribution in [1.29, 1.82) is 0 Å². The highest BCUT2D eigenvalue weighted by Gasteiger charge is 2.26. The summed E-state index contributed by atoms with van der Waals surface area (Å²) in [5, 5.41) is 2.64. The fourth-order valence-corrected chi connectivity index (χ4v) is 2.65. The molecule has 6 nitrogen and oxygen atoms in total. The second kappa shape index (κ2) is 7.98. The summed E-state index contributed by atoms with van der Waals surface area (Å²) in [7, 11) is 0.986. The Morgan fingerprint density at radius 3 is 2.35 bits per heavy atom. The lowest BCUT2D eigenvalue weighted by molar-refractivity contribution is 0.0594. The highest BCUT2D eigenvalue weighted by molar-refractivity contribution is 7.82. The lowest BCUT2D eigenvalue weighted by Crippen LogP contribution is -2.28. The quantitative estimate of drug-likeness (QED) is 0.386. The van der Waals surface area contributed by atoms with Crippen molar-refractivity contribution < 1.29 is 23.1 Å². The molecule has 0 aliphatic rings. The van der Waals surface area contributed by atoms with E-state index in [0.717, 1.165) is 13.2 Å². The number of nitrogen functional groups attached to an aromatic ring is 1. The Bertz CT molecular complexity index is 879. The van der Waals surface area contributed by atoms with Gasteiger partial charge in [-0.3, -0.25) is 0 Å². The fraction of sp³-hybridized carbons (Fsp3) is 0.0667. The third-order valence-corrected chi connectivity index (χ3v) is 4.27. The van der Waals surface area contributed by atoms with E-state index < -0.39 is 34.9 Å². The van der Waals surface area contributed by atoms with Crippen molar-refractivity contribution in [3.63, 3.8) is 0 Å². The number of para-hydroxylation sites is 1. The lowest BCUT2D eigenvalue weighted by atomic mass is 10.1. The van der Waals surface area contributed by atoms with Crippen molar-refractivity contribution in [2.24, 2.45) is 0 Å². The van der Waals surface area contributed by atoms with Crippen LogP contribution in [0.4, 0.5) is 30.6 Å². The number of rotatable bonds is 3. The second-order valence-electron chi connectivity index (χ2n) is 4.82. The molecule has 3 N–H and O–H groups in total. The number of hydrogen-bond acceptors (Lipinski definition) is 5. The molecule has 2 rings (SSSR count). The molecule has 2 amide bonds. The Balaban J connectivity index is 2.43. The van der Waals surface area contributed by atoms with Gasteiger partial charge in [0.15, 0.2) is 11.6 Å². The number of nitrogens with two attached hydrogens (primary N) is 1. The maximum atomic E-state index is 14.0. The van der Waals surface area contributed by atoms with Gasteiger partial charge in [0.05, 0.1) is 34.2 Å². The molecule has 11 heteroatoms. The standard InChI is InChI=1S/C15H11Cl2F2N3O3S/c1-25-14(23)6-5-9(12(20)11(19)10(6)18)22(26)15(24)21-13-7(16)3-2-4-8(13)17/h2-5,26H,20H2,1H3,(H,21,24). The summed E-state index contributed by atoms with van der Waals surface area (Å²) in [5.41, 5.74) is 3.71. The Kier molecular flexibility index (Phi) is 6.17. The number of nitrogens with one attached hydrogen (secondary N) is 1. The molecule has 0 atom stereocenters. The number of methoxy groups -OCH3 is 1. The highest BCUT2D eigenvalue weighted by Crippen LogP contribution is 2.34. The number of carbonyl (C=O) groups excluding carboxylic acids is 2. The Morgan fingerprint density at radius 2 is 1.81 bits per heavy atom. The van der Waals surface area contributed by atoms with Gasteiger partial charge in [0.2, 0.25) is 0 Å². The number of hydrogen-bond donors (Lipinski definition) is 3. The van der Waals surface area contributed by atoms with Gasteiger partial charge in [0, 0.05) is 0 Å². The lowest BCUT2D eigenvalue weighted by Gasteiger charge is -2.20. The third-order valence-electron chi connectivity index (χ3n) is 3.24. The first-order chi connectivity index (χ1) is 12.2. The Morgan fingerprint density at radius 1 is 1.23 bits per heavy atom. The zero-order valence-corrected chi connectivity index (χ0v) is 15.4. The van der Waals surface area contributed by atoms with E-state index >= 15 is 0 Å². The second-order valence-corrected chi connectivity index (χ2v) is 6.03. The van der Waals surface area contributed by atoms with Gasteiger partial charge in [-0.25, -0.2) is 22.7 Å². The van der Waals surface area contributed by atoms with Gasteiger partial charge >= 0.3 is 12.0 Å². The van der Waals surface area contributed by atoms with Crippen LogP contribution in [0.1, 0.15) is 10.4 Å². The van der Waals surface area contributed by atoms with Crippen molar-refractivity contribution >= 4 is 65.1 Å². The summed E-state index contributed by atoms with van der Waals surface area (Å²) >= 11 is 15.8. The number of nitrogens with zero attached hydrogens (tertiary/aromatic N) is 1. The van der Waals surface area contributed by atoms with Crippen LogP contribution >= 0.6 is 36.0 Å². The number of esters is 1. The molecule has 0 radical (unpaired) electrons. The molecule has 0 aromatic heterocycles. The van der Waals surface area contributed by atoms with Crippen LogP contribution in [0, 0.1) is 11.6 Å². The third kappa shape index (κ3) is 3.79. The van der Waals surface area contributed by atoms with Crippen LogP contribution in [0.2, 0.25) is 10.0 Å². The van der Waals surface area contributed by atoms with Gasteiger partial charge in [-0.05, 0) is 18.2 Å². The summed E-state index contributed by atoms with van der Waals surface area (Å²) in [6, 6.07) is 4.42. The van der Waals surface area contributed by atoms with Gasteiger partial charge in [0.25, 0.3) is 0 Å². The van der Waals surface area contributed by atoms with Crippen molar-refractivity contribution in [2.45, 2.75) is 0 Å². The molecule has 0 unspecified atom stereocenters. The summed E-state index contributed by atoms with van der Waals surface area (Å²) in [5.74, 6) is -4.18. The first-order valence-electron chi connectivity index (χ1n) is 6.78. The number of halogens is 4. The Hall–Kier alpha value is -2.23. The van der Waals surface area contributed by atoms with Gasteiger partial charge in [-0.2, -0.15) is 0 Å². The molecule has 0 fully saturated rings. The first kappa shape index (κ1) is 20.1. The maximum Gasteiger partial charge on any atom is 0.341 e. The molecular formula is C15H11Cl2F2N3O3S. The van der Waals surface area contributed by atoms with Crippen molar-refractivity contribution in [1.82, 2.24) is 0 Å². The van der Waals surface area contributed by atoms with Crippen LogP contribution in [0.5, 0.6) is 0 Å². The minimum atomic E-state index is -1.52. The molecule has 0 spiro atoms. The van der Waals surface area contributed by atoms with E-state index in [0.29, 0.717) is 4.31 Å². The van der Waals surface area contributed by atoms with Gasteiger partial charge in [0.1, 0.15) is 5.56 Å². The molecule has 0 saturated heterocycles. The number of thiol groups is 1. The van der Waals surface area contributed by atoms with E-state index in [-0.39, 0.29) is 21.4 Å². The smallest absolute Gasteiger partial charge is 0.341 e. The van der Waals surface area contributed by atoms with E-state index in [1.165, 1.54) is 12.1 Å². The largest absolute Gasteiger partial charge is 0.465 e. The minimum absolute atomic E-state index is 0.0780. The average Bonchev–Trinajstić information content (AvgIpc) is 2.61. The molecule has 26 heavy (non-hydrogen) atoms. The number of ether oxygens (including phenoxy) is 1. The predicted octanol–water partition coefficient (Wildman–Crippen LogP) is 4.52. The predicted molar refractivity (Wildman–Crippen MR) is 99.1 cm³/mol. The fourth-order valence-electron chi connectivity index (χ4n) is 1.95. The molecule has 0 aliphatic carbocycles. The van der Waals surface area contributed by atoms with Crippen LogP contribution < -0.4 is 15.4 Å². The maximum absolute atomic E-state index is 14.0. The average molecular weight is 422 g/mol. The monoisotopic (exact) mass is 421 g/mol. The minimum Gasteiger partial charge on any atom is -0.465 e. The van der Waals surface area contributed by atoms with Crippen molar-refractivity contribution in [3.05, 3.63) is 51.5 Å². The summed E-state index contributed by atoms with van der Waals surface area (Å²) in [6.45, 7) is 0. The van der Waals surface area contributed by atoms with Crippen LogP contribution in [0.15, 0.2) is 24.3 Å². The zero-order valence-electron chi connectivity index (χ0n) is 13.0. The van der Waals surface area contributed by atoms with Gasteiger partial charge in [-0.15, -0.1) is 0 Å². The topological polar surface area (TPSA) is 84.7 Å². The Labute approximate surface area is 162 Å². The number of urea groups is 1. The van der Waals surface area contributed by atoms with Gasteiger partial charge < -0.3 is 15.8 Å². The van der Waals surface area contributed by atoms with Crippen LogP contribution in [0.25, 0.3) is 0 Å². The van der Waals surface area contributed by atoms with E-state index in [4.69, 9.17) is 28.9 Å². The molecule has 0 bridgehead atoms. The van der Waals surface area contributed by atoms with Crippen molar-refractivity contribution in [2.75, 3.05) is 22.5 Å². The molecule has 0 heterocycles. The SMILES string of the molecule is COC(=O)c1cc(N(S)C(=O)Nc2c(Cl)cccc2Cl)c(N)c(F)c1F. The van der Waals surface area contributed by atoms with Crippen LogP contribution in [0.3, 0.4) is 0 Å². The normalized spacial score (nSPS) is 10.4.